The summed E-state index contributed by atoms with van der Waals surface area (Å²) in [6.45, 7) is 3.98. The average molecular weight is 380 g/mol. The van der Waals surface area contributed by atoms with Gasteiger partial charge in [0.2, 0.25) is 5.13 Å². The Kier molecular flexibility index (Phi) is 7.20. The number of nitrogens with zero attached hydrogens (tertiary/aromatic N) is 2. The molecular weight excluding hydrogens is 360 g/mol. The standard InChI is InChI=1S/C16H20N4O3S2/c1-3-4-5-12(13(21)22)24-16-20-19-15(25-16)18-14(23)17-11-8-6-10(2)7-9-11/h6-9,12H,3-5H2,1-2H3,(H,21,22)(H2,17,18,19,23)/t12-/m1/s1. The van der Waals surface area contributed by atoms with E-state index in [1.54, 1.807) is 0 Å². The van der Waals surface area contributed by atoms with Gasteiger partial charge in [0.25, 0.3) is 0 Å². The zero-order valence-electron chi connectivity index (χ0n) is 14.0. The molecule has 0 unspecified atom stereocenters. The molecule has 2 aromatic rings. The van der Waals surface area contributed by atoms with Crippen molar-refractivity contribution in [2.45, 2.75) is 42.7 Å². The molecule has 2 amide bonds. The average Bonchev–Trinajstić information content (AvgIpc) is 3.00. The van der Waals surface area contributed by atoms with Crippen LogP contribution in [0.4, 0.5) is 15.6 Å². The van der Waals surface area contributed by atoms with Crippen LogP contribution in [0, 0.1) is 6.92 Å². The predicted octanol–water partition coefficient (Wildman–Crippen LogP) is 4.23. The fourth-order valence-electron chi connectivity index (χ4n) is 1.95. The Labute approximate surface area is 154 Å². The molecule has 1 aromatic heterocycles. The lowest BCUT2D eigenvalue weighted by atomic mass is 10.2. The number of amides is 2. The molecule has 0 saturated heterocycles. The van der Waals surface area contributed by atoms with Crippen LogP contribution < -0.4 is 10.6 Å². The Morgan fingerprint density at radius 3 is 2.60 bits per heavy atom. The number of aliphatic carboxylic acids is 1. The minimum atomic E-state index is -0.861. The Hall–Kier alpha value is -2.13. The number of urea groups is 1. The number of thioether (sulfide) groups is 1. The van der Waals surface area contributed by atoms with Crippen molar-refractivity contribution in [1.82, 2.24) is 10.2 Å². The fourth-order valence-corrected chi connectivity index (χ4v) is 3.92. The monoisotopic (exact) mass is 380 g/mol. The quantitative estimate of drug-likeness (QED) is 0.468. The van der Waals surface area contributed by atoms with E-state index in [1.807, 2.05) is 38.1 Å². The molecule has 7 nitrogen and oxygen atoms in total. The molecule has 2 rings (SSSR count). The highest BCUT2D eigenvalue weighted by atomic mass is 32.2. The minimum absolute atomic E-state index is 0.326. The van der Waals surface area contributed by atoms with E-state index < -0.39 is 17.3 Å². The summed E-state index contributed by atoms with van der Waals surface area (Å²) in [5.74, 6) is -0.861. The first-order valence-corrected chi connectivity index (χ1v) is 9.55. The number of aryl methyl sites for hydroxylation is 1. The molecule has 0 radical (unpaired) electrons. The summed E-state index contributed by atoms with van der Waals surface area (Å²) in [7, 11) is 0. The largest absolute Gasteiger partial charge is 0.480 e. The van der Waals surface area contributed by atoms with Crippen LogP contribution in [0.15, 0.2) is 28.6 Å². The summed E-state index contributed by atoms with van der Waals surface area (Å²) >= 11 is 2.32. The van der Waals surface area contributed by atoms with E-state index in [2.05, 4.69) is 20.8 Å². The number of carboxylic acids is 1. The first-order valence-electron chi connectivity index (χ1n) is 7.85. The molecule has 0 fully saturated rings. The van der Waals surface area contributed by atoms with Crippen molar-refractivity contribution in [2.24, 2.45) is 0 Å². The molecular formula is C16H20N4O3S2. The zero-order chi connectivity index (χ0) is 18.2. The summed E-state index contributed by atoms with van der Waals surface area (Å²) in [5.41, 5.74) is 1.78. The predicted molar refractivity (Wildman–Crippen MR) is 101 cm³/mol. The van der Waals surface area contributed by atoms with Crippen molar-refractivity contribution >= 4 is 45.9 Å². The van der Waals surface area contributed by atoms with Gasteiger partial charge in [-0.2, -0.15) is 0 Å². The number of aromatic nitrogens is 2. The summed E-state index contributed by atoms with van der Waals surface area (Å²) in [6.07, 6.45) is 2.35. The third kappa shape index (κ3) is 6.35. The number of hydrogen-bond donors (Lipinski definition) is 3. The van der Waals surface area contributed by atoms with Gasteiger partial charge in [0.15, 0.2) is 4.34 Å². The van der Waals surface area contributed by atoms with Gasteiger partial charge >= 0.3 is 12.0 Å². The molecule has 9 heteroatoms. The van der Waals surface area contributed by atoms with Crippen molar-refractivity contribution in [3.8, 4) is 0 Å². The molecule has 3 N–H and O–H groups in total. The SMILES string of the molecule is CCCC[C@@H](Sc1nnc(NC(=O)Nc2ccc(C)cc2)s1)C(=O)O. The number of hydrogen-bond acceptors (Lipinski definition) is 6. The van der Waals surface area contributed by atoms with Crippen molar-refractivity contribution in [3.05, 3.63) is 29.8 Å². The van der Waals surface area contributed by atoms with Gasteiger partial charge in [-0.1, -0.05) is 60.6 Å². The van der Waals surface area contributed by atoms with Crippen molar-refractivity contribution in [1.29, 1.82) is 0 Å². The molecule has 25 heavy (non-hydrogen) atoms. The van der Waals surface area contributed by atoms with Crippen molar-refractivity contribution < 1.29 is 14.7 Å². The van der Waals surface area contributed by atoms with E-state index in [1.165, 1.54) is 0 Å². The van der Waals surface area contributed by atoms with Crippen LogP contribution in [-0.4, -0.2) is 32.6 Å². The third-order valence-electron chi connectivity index (χ3n) is 3.27. The van der Waals surface area contributed by atoms with Crippen LogP contribution in [0.5, 0.6) is 0 Å². The highest BCUT2D eigenvalue weighted by Crippen LogP contribution is 2.31. The van der Waals surface area contributed by atoms with Crippen LogP contribution in [0.2, 0.25) is 0 Å². The van der Waals surface area contributed by atoms with Gasteiger partial charge in [-0.25, -0.2) is 4.79 Å². The maximum absolute atomic E-state index is 12.0. The Balaban J connectivity index is 1.90. The molecule has 1 heterocycles. The second-order valence-corrected chi connectivity index (χ2v) is 7.83. The van der Waals surface area contributed by atoms with E-state index >= 15 is 0 Å². The van der Waals surface area contributed by atoms with E-state index in [-0.39, 0.29) is 0 Å². The molecule has 134 valence electrons. The number of carboxylic acid groups (broad SMARTS) is 1. The lowest BCUT2D eigenvalue weighted by molar-refractivity contribution is -0.136. The Morgan fingerprint density at radius 1 is 1.24 bits per heavy atom. The first kappa shape index (κ1) is 19.2. The normalized spacial score (nSPS) is 11.8. The smallest absolute Gasteiger partial charge is 0.325 e. The second kappa shape index (κ2) is 9.38. The number of carbonyl (C=O) groups is 2. The number of unbranched alkanes of at least 4 members (excludes halogenated alkanes) is 1. The summed E-state index contributed by atoms with van der Waals surface area (Å²) < 4.78 is 0.522. The van der Waals surface area contributed by atoms with Crippen LogP contribution in [0.3, 0.4) is 0 Å². The van der Waals surface area contributed by atoms with Gasteiger partial charge in [0, 0.05) is 5.69 Å². The van der Waals surface area contributed by atoms with E-state index in [4.69, 9.17) is 0 Å². The second-order valence-electron chi connectivity index (χ2n) is 5.41. The zero-order valence-corrected chi connectivity index (χ0v) is 15.6. The minimum Gasteiger partial charge on any atom is -0.480 e. The van der Waals surface area contributed by atoms with Crippen LogP contribution >= 0.6 is 23.1 Å². The van der Waals surface area contributed by atoms with Gasteiger partial charge in [0.1, 0.15) is 5.25 Å². The maximum atomic E-state index is 12.0. The van der Waals surface area contributed by atoms with Crippen molar-refractivity contribution in [3.63, 3.8) is 0 Å². The van der Waals surface area contributed by atoms with Gasteiger partial charge in [-0.3, -0.25) is 10.1 Å². The Bertz CT molecular complexity index is 718. The third-order valence-corrected chi connectivity index (χ3v) is 5.45. The van der Waals surface area contributed by atoms with Crippen LogP contribution in [0.25, 0.3) is 0 Å². The molecule has 0 aliphatic heterocycles. The molecule has 0 saturated carbocycles. The summed E-state index contributed by atoms with van der Waals surface area (Å²) in [5, 5.41) is 22.2. The lowest BCUT2D eigenvalue weighted by Crippen LogP contribution is -2.19. The number of carbonyl (C=O) groups excluding carboxylic acids is 1. The van der Waals surface area contributed by atoms with Gasteiger partial charge in [-0.15, -0.1) is 10.2 Å². The molecule has 1 atom stereocenters. The molecule has 1 aromatic carbocycles. The number of nitrogens with one attached hydrogen (secondary N) is 2. The molecule has 0 spiro atoms. The van der Waals surface area contributed by atoms with Gasteiger partial charge in [0.05, 0.1) is 0 Å². The first-order chi connectivity index (χ1) is 12.0. The Morgan fingerprint density at radius 2 is 1.96 bits per heavy atom. The maximum Gasteiger partial charge on any atom is 0.325 e. The topological polar surface area (TPSA) is 104 Å². The molecule has 0 bridgehead atoms. The van der Waals surface area contributed by atoms with Gasteiger partial charge in [-0.05, 0) is 25.5 Å². The van der Waals surface area contributed by atoms with Crippen LogP contribution in [0.1, 0.15) is 31.7 Å². The van der Waals surface area contributed by atoms with Crippen LogP contribution in [-0.2, 0) is 4.79 Å². The van der Waals surface area contributed by atoms with Gasteiger partial charge < -0.3 is 10.4 Å². The highest BCUT2D eigenvalue weighted by molar-refractivity contribution is 8.02. The van der Waals surface area contributed by atoms with E-state index in [9.17, 15) is 14.7 Å². The number of rotatable bonds is 8. The van der Waals surface area contributed by atoms with E-state index in [0.717, 1.165) is 41.5 Å². The van der Waals surface area contributed by atoms with E-state index in [0.29, 0.717) is 21.6 Å². The highest BCUT2D eigenvalue weighted by Gasteiger charge is 2.21. The molecule has 0 aliphatic carbocycles. The molecule has 0 aliphatic rings. The number of anilines is 2. The fraction of sp³-hybridized carbons (Fsp3) is 0.375. The van der Waals surface area contributed by atoms with Crippen molar-refractivity contribution in [2.75, 3.05) is 10.6 Å². The number of benzene rings is 1. The lowest BCUT2D eigenvalue weighted by Gasteiger charge is -2.08. The summed E-state index contributed by atoms with van der Waals surface area (Å²) in [4.78, 5) is 23.2. The summed E-state index contributed by atoms with van der Waals surface area (Å²) in [6, 6.07) is 7.00.